The van der Waals surface area contributed by atoms with Gasteiger partial charge in [0.15, 0.2) is 0 Å². The molecule has 1 unspecified atom stereocenters. The lowest BCUT2D eigenvalue weighted by molar-refractivity contribution is 0.552. The first-order chi connectivity index (χ1) is 5.27. The minimum absolute atomic E-state index is 0.118. The van der Waals surface area contributed by atoms with Crippen LogP contribution in [0, 0.1) is 0 Å². The second-order valence-corrected chi connectivity index (χ2v) is 3.02. The summed E-state index contributed by atoms with van der Waals surface area (Å²) in [6.07, 6.45) is 3.23. The van der Waals surface area contributed by atoms with Crippen LogP contribution < -0.4 is 5.73 Å². The van der Waals surface area contributed by atoms with E-state index in [2.05, 4.69) is 10.2 Å². The standard InChI is InChI=1S/C7H12N4/c1-11-9-6-4-2-3-5(8)7(6)10-11/h5H,2-4,8H2,1H3. The highest BCUT2D eigenvalue weighted by molar-refractivity contribution is 5.16. The number of hydrogen-bond donors (Lipinski definition) is 1. The van der Waals surface area contributed by atoms with E-state index in [0.29, 0.717) is 0 Å². The van der Waals surface area contributed by atoms with Crippen LogP contribution in [0.15, 0.2) is 0 Å². The Hall–Kier alpha value is -0.900. The van der Waals surface area contributed by atoms with Crippen LogP contribution in [-0.4, -0.2) is 15.0 Å². The largest absolute Gasteiger partial charge is 0.323 e. The van der Waals surface area contributed by atoms with Gasteiger partial charge in [-0.15, -0.1) is 0 Å². The molecule has 60 valence electrons. The third-order valence-corrected chi connectivity index (χ3v) is 2.09. The highest BCUT2D eigenvalue weighted by Crippen LogP contribution is 2.23. The van der Waals surface area contributed by atoms with Crippen molar-refractivity contribution in [1.82, 2.24) is 15.0 Å². The second-order valence-electron chi connectivity index (χ2n) is 3.02. The minimum atomic E-state index is 0.118. The fourth-order valence-corrected chi connectivity index (χ4v) is 1.55. The van der Waals surface area contributed by atoms with Crippen LogP contribution in [0.3, 0.4) is 0 Å². The Morgan fingerprint density at radius 1 is 1.55 bits per heavy atom. The summed E-state index contributed by atoms with van der Waals surface area (Å²) in [5.41, 5.74) is 7.93. The van der Waals surface area contributed by atoms with E-state index in [1.165, 1.54) is 0 Å². The van der Waals surface area contributed by atoms with Crippen molar-refractivity contribution in [3.05, 3.63) is 11.4 Å². The third-order valence-electron chi connectivity index (χ3n) is 2.09. The molecule has 0 fully saturated rings. The molecule has 2 N–H and O–H groups in total. The van der Waals surface area contributed by atoms with Gasteiger partial charge in [-0.3, -0.25) is 0 Å². The fraction of sp³-hybridized carbons (Fsp3) is 0.714. The SMILES string of the molecule is Cn1nc2c(n1)C(N)CCC2. The Labute approximate surface area is 65.4 Å². The number of aromatic nitrogens is 3. The number of nitrogens with two attached hydrogens (primary N) is 1. The molecule has 0 saturated carbocycles. The fourth-order valence-electron chi connectivity index (χ4n) is 1.55. The molecule has 1 atom stereocenters. The van der Waals surface area contributed by atoms with E-state index < -0.39 is 0 Å². The van der Waals surface area contributed by atoms with Gasteiger partial charge >= 0.3 is 0 Å². The van der Waals surface area contributed by atoms with E-state index in [-0.39, 0.29) is 6.04 Å². The summed E-state index contributed by atoms with van der Waals surface area (Å²) in [6, 6.07) is 0.118. The van der Waals surface area contributed by atoms with Gasteiger partial charge in [0.25, 0.3) is 0 Å². The lowest BCUT2D eigenvalue weighted by atomic mass is 9.97. The van der Waals surface area contributed by atoms with Crippen LogP contribution in [0.4, 0.5) is 0 Å². The summed E-state index contributed by atoms with van der Waals surface area (Å²) >= 11 is 0. The highest BCUT2D eigenvalue weighted by atomic mass is 15.5. The van der Waals surface area contributed by atoms with E-state index in [9.17, 15) is 0 Å². The molecule has 4 heteroatoms. The molecule has 0 bridgehead atoms. The maximum atomic E-state index is 5.84. The van der Waals surface area contributed by atoms with Crippen molar-refractivity contribution < 1.29 is 0 Å². The molecule has 0 aromatic carbocycles. The van der Waals surface area contributed by atoms with Gasteiger partial charge in [0.2, 0.25) is 0 Å². The molecule has 1 aliphatic carbocycles. The van der Waals surface area contributed by atoms with Crippen LogP contribution in [0.1, 0.15) is 30.3 Å². The molecular weight excluding hydrogens is 140 g/mol. The van der Waals surface area contributed by atoms with Gasteiger partial charge in [0, 0.05) is 7.05 Å². The van der Waals surface area contributed by atoms with Gasteiger partial charge < -0.3 is 5.73 Å². The normalized spacial score (nSPS) is 23.3. The topological polar surface area (TPSA) is 56.7 Å². The lowest BCUT2D eigenvalue weighted by Crippen LogP contribution is -2.17. The number of hydrogen-bond acceptors (Lipinski definition) is 3. The zero-order valence-corrected chi connectivity index (χ0v) is 6.62. The molecule has 0 spiro atoms. The Kier molecular flexibility index (Phi) is 1.42. The van der Waals surface area contributed by atoms with E-state index in [4.69, 9.17) is 5.73 Å². The quantitative estimate of drug-likeness (QED) is 0.575. The molecule has 1 aromatic rings. The number of fused-ring (bicyclic) bond motifs is 1. The van der Waals surface area contributed by atoms with Crippen LogP contribution in [0.2, 0.25) is 0 Å². The molecule has 0 aliphatic heterocycles. The van der Waals surface area contributed by atoms with Gasteiger partial charge in [-0.1, -0.05) is 0 Å². The Bertz CT molecular complexity index is 265. The zero-order chi connectivity index (χ0) is 7.84. The van der Waals surface area contributed by atoms with Crippen molar-refractivity contribution in [3.63, 3.8) is 0 Å². The summed E-state index contributed by atoms with van der Waals surface area (Å²) in [7, 11) is 1.84. The summed E-state index contributed by atoms with van der Waals surface area (Å²) in [6.45, 7) is 0. The summed E-state index contributed by atoms with van der Waals surface area (Å²) < 4.78 is 0. The third kappa shape index (κ3) is 1.03. The summed E-state index contributed by atoms with van der Waals surface area (Å²) in [4.78, 5) is 1.61. The van der Waals surface area contributed by atoms with Gasteiger partial charge in [0.1, 0.15) is 5.69 Å². The Morgan fingerprint density at radius 2 is 2.36 bits per heavy atom. The van der Waals surface area contributed by atoms with Crippen molar-refractivity contribution in [2.75, 3.05) is 0 Å². The average molecular weight is 152 g/mol. The second kappa shape index (κ2) is 2.30. The molecule has 0 saturated heterocycles. The highest BCUT2D eigenvalue weighted by Gasteiger charge is 2.20. The van der Waals surface area contributed by atoms with Gasteiger partial charge in [-0.2, -0.15) is 15.0 Å². The maximum absolute atomic E-state index is 5.84. The molecule has 0 amide bonds. The van der Waals surface area contributed by atoms with Crippen LogP contribution in [0.5, 0.6) is 0 Å². The monoisotopic (exact) mass is 152 g/mol. The molecule has 2 rings (SSSR count). The van der Waals surface area contributed by atoms with Gasteiger partial charge in [-0.25, -0.2) is 0 Å². The molecule has 4 nitrogen and oxygen atoms in total. The predicted molar refractivity (Wildman–Crippen MR) is 40.9 cm³/mol. The molecule has 11 heavy (non-hydrogen) atoms. The van der Waals surface area contributed by atoms with Crippen LogP contribution in [-0.2, 0) is 13.5 Å². The summed E-state index contributed by atoms with van der Waals surface area (Å²) in [5, 5.41) is 8.44. The first-order valence-electron chi connectivity index (χ1n) is 3.93. The lowest BCUT2D eigenvalue weighted by Gasteiger charge is -2.14. The average Bonchev–Trinajstić information content (AvgIpc) is 2.31. The van der Waals surface area contributed by atoms with Crippen molar-refractivity contribution in [2.24, 2.45) is 12.8 Å². The number of aryl methyl sites for hydroxylation is 2. The number of rotatable bonds is 0. The van der Waals surface area contributed by atoms with Gasteiger partial charge in [-0.05, 0) is 19.3 Å². The molecule has 1 aromatic heterocycles. The van der Waals surface area contributed by atoms with Gasteiger partial charge in [0.05, 0.1) is 11.7 Å². The van der Waals surface area contributed by atoms with Crippen LogP contribution >= 0.6 is 0 Å². The van der Waals surface area contributed by atoms with E-state index in [0.717, 1.165) is 30.7 Å². The van der Waals surface area contributed by atoms with Crippen molar-refractivity contribution >= 4 is 0 Å². The van der Waals surface area contributed by atoms with Crippen LogP contribution in [0.25, 0.3) is 0 Å². The molecular formula is C7H12N4. The molecule has 1 heterocycles. The smallest absolute Gasteiger partial charge is 0.103 e. The Balaban J connectivity index is 2.43. The van der Waals surface area contributed by atoms with E-state index in [1.54, 1.807) is 4.80 Å². The van der Waals surface area contributed by atoms with Crippen molar-refractivity contribution in [3.8, 4) is 0 Å². The van der Waals surface area contributed by atoms with E-state index >= 15 is 0 Å². The predicted octanol–water partition coefficient (Wildman–Crippen LogP) is 0.151. The maximum Gasteiger partial charge on any atom is 0.103 e. The molecule has 0 radical (unpaired) electrons. The van der Waals surface area contributed by atoms with E-state index in [1.807, 2.05) is 7.05 Å². The zero-order valence-electron chi connectivity index (χ0n) is 6.62. The van der Waals surface area contributed by atoms with Crippen molar-refractivity contribution in [2.45, 2.75) is 25.3 Å². The number of nitrogens with zero attached hydrogens (tertiary/aromatic N) is 3. The van der Waals surface area contributed by atoms with Crippen molar-refractivity contribution in [1.29, 1.82) is 0 Å². The first kappa shape index (κ1) is 6.79. The molecule has 1 aliphatic rings. The first-order valence-corrected chi connectivity index (χ1v) is 3.93. The Morgan fingerprint density at radius 3 is 3.09 bits per heavy atom. The summed E-state index contributed by atoms with van der Waals surface area (Å²) in [5.74, 6) is 0. The minimum Gasteiger partial charge on any atom is -0.323 e.